The summed E-state index contributed by atoms with van der Waals surface area (Å²) in [6, 6.07) is 17.9. The number of piperidine rings is 1. The fourth-order valence-corrected chi connectivity index (χ4v) is 4.83. The highest BCUT2D eigenvalue weighted by Crippen LogP contribution is 2.32. The molecule has 0 aliphatic carbocycles. The number of hydrogen-bond donors (Lipinski definition) is 3. The van der Waals surface area contributed by atoms with Crippen LogP contribution in [0.4, 0.5) is 22.0 Å². The zero-order valence-electron chi connectivity index (χ0n) is 20.2. The van der Waals surface area contributed by atoms with E-state index in [1.54, 1.807) is 6.33 Å². The van der Waals surface area contributed by atoms with Gasteiger partial charge in [0.05, 0.1) is 5.39 Å². The number of amides is 2. The van der Waals surface area contributed by atoms with Gasteiger partial charge in [-0.3, -0.25) is 0 Å². The monoisotopic (exact) mass is 469 g/mol. The second kappa shape index (κ2) is 10.1. The lowest BCUT2D eigenvalue weighted by Gasteiger charge is -2.34. The normalized spacial score (nSPS) is 16.0. The minimum Gasteiger partial charge on any atom is -0.355 e. The van der Waals surface area contributed by atoms with E-state index in [0.29, 0.717) is 5.92 Å². The van der Waals surface area contributed by atoms with Gasteiger partial charge in [0, 0.05) is 43.1 Å². The molecule has 0 radical (unpaired) electrons. The summed E-state index contributed by atoms with van der Waals surface area (Å²) < 4.78 is 0. The molecule has 8 heteroatoms. The summed E-state index contributed by atoms with van der Waals surface area (Å²) in [7, 11) is 4.03. The van der Waals surface area contributed by atoms with Crippen LogP contribution in [-0.4, -0.2) is 53.1 Å². The van der Waals surface area contributed by atoms with Gasteiger partial charge in [-0.15, -0.1) is 0 Å². The van der Waals surface area contributed by atoms with Crippen molar-refractivity contribution in [1.29, 1.82) is 0 Å². The van der Waals surface area contributed by atoms with Crippen molar-refractivity contribution in [2.75, 3.05) is 42.7 Å². The van der Waals surface area contributed by atoms with Gasteiger partial charge in [0.15, 0.2) is 0 Å². The molecule has 0 saturated carbocycles. The third-order valence-corrected chi connectivity index (χ3v) is 6.42. The largest absolute Gasteiger partial charge is 0.355 e. The van der Waals surface area contributed by atoms with E-state index in [1.807, 2.05) is 62.8 Å². The maximum atomic E-state index is 12.8. The summed E-state index contributed by atoms with van der Waals surface area (Å²) in [5.41, 5.74) is 4.77. The molecule has 1 unspecified atom stereocenters. The first-order valence-corrected chi connectivity index (χ1v) is 12.0. The quantitative estimate of drug-likeness (QED) is 0.368. The number of rotatable bonds is 6. The smallest absolute Gasteiger partial charge is 0.323 e. The second-order valence-corrected chi connectivity index (χ2v) is 9.32. The fourth-order valence-electron chi connectivity index (χ4n) is 4.83. The summed E-state index contributed by atoms with van der Waals surface area (Å²) in [4.78, 5) is 29.3. The van der Waals surface area contributed by atoms with Gasteiger partial charge < -0.3 is 25.4 Å². The van der Waals surface area contributed by atoms with E-state index in [1.165, 1.54) is 5.56 Å². The van der Waals surface area contributed by atoms with Crippen molar-refractivity contribution < 1.29 is 4.79 Å². The van der Waals surface area contributed by atoms with Crippen molar-refractivity contribution in [1.82, 2.24) is 19.9 Å². The van der Waals surface area contributed by atoms with E-state index in [4.69, 9.17) is 0 Å². The number of nitrogens with one attached hydrogen (secondary N) is 3. The summed E-state index contributed by atoms with van der Waals surface area (Å²) in [6.07, 6.45) is 5.72. The van der Waals surface area contributed by atoms with Gasteiger partial charge in [-0.1, -0.05) is 30.3 Å². The Labute approximate surface area is 205 Å². The van der Waals surface area contributed by atoms with Crippen molar-refractivity contribution >= 4 is 34.3 Å². The minimum atomic E-state index is -0.241. The van der Waals surface area contributed by atoms with Crippen LogP contribution in [0.5, 0.6) is 0 Å². The molecule has 2 amide bonds. The van der Waals surface area contributed by atoms with Crippen LogP contribution in [0, 0.1) is 0 Å². The average Bonchev–Trinajstić information content (AvgIpc) is 3.34. The van der Waals surface area contributed by atoms with Gasteiger partial charge in [0.25, 0.3) is 0 Å². The van der Waals surface area contributed by atoms with Crippen molar-refractivity contribution in [2.24, 2.45) is 0 Å². The maximum Gasteiger partial charge on any atom is 0.323 e. The number of benzene rings is 2. The van der Waals surface area contributed by atoms with E-state index < -0.39 is 0 Å². The predicted molar refractivity (Wildman–Crippen MR) is 141 cm³/mol. The number of aromatic nitrogens is 3. The van der Waals surface area contributed by atoms with E-state index in [-0.39, 0.29) is 6.03 Å². The lowest BCUT2D eigenvalue weighted by molar-refractivity contribution is 0.262. The summed E-state index contributed by atoms with van der Waals surface area (Å²) in [6.45, 7) is 2.61. The zero-order chi connectivity index (χ0) is 24.2. The van der Waals surface area contributed by atoms with Gasteiger partial charge in [0.1, 0.15) is 17.8 Å². The molecule has 8 nitrogen and oxygen atoms in total. The Bertz CT molecular complexity index is 1320. The molecule has 35 heavy (non-hydrogen) atoms. The summed E-state index contributed by atoms with van der Waals surface area (Å²) >= 11 is 0. The Morgan fingerprint density at radius 2 is 2.00 bits per heavy atom. The number of nitrogens with zero attached hydrogens (tertiary/aromatic N) is 4. The second-order valence-electron chi connectivity index (χ2n) is 9.32. The first kappa shape index (κ1) is 22.9. The highest BCUT2D eigenvalue weighted by atomic mass is 16.2. The molecule has 3 N–H and O–H groups in total. The van der Waals surface area contributed by atoms with Crippen molar-refractivity contribution in [3.05, 3.63) is 78.2 Å². The molecule has 5 rings (SSSR count). The topological polar surface area (TPSA) is 89.2 Å². The molecule has 1 fully saturated rings. The molecule has 0 spiro atoms. The van der Waals surface area contributed by atoms with Gasteiger partial charge in [-0.2, -0.15) is 0 Å². The number of fused-ring (bicyclic) bond motifs is 1. The number of para-hydroxylation sites is 1. The third kappa shape index (κ3) is 5.27. The van der Waals surface area contributed by atoms with Crippen molar-refractivity contribution in [3.63, 3.8) is 0 Å². The van der Waals surface area contributed by atoms with Crippen LogP contribution in [0.25, 0.3) is 11.0 Å². The lowest BCUT2D eigenvalue weighted by atomic mass is 9.90. The predicted octanol–water partition coefficient (Wildman–Crippen LogP) is 5.05. The van der Waals surface area contributed by atoms with Gasteiger partial charge in [-0.05, 0) is 62.3 Å². The molecule has 180 valence electrons. The molecular formula is C27H31N7O. The SMILES string of the molecule is CN(C)Cc1ccccc1NC(=O)Nc1cccc(C2CCCN(c3ncnc4[nH]ccc34)C2)c1. The lowest BCUT2D eigenvalue weighted by Crippen LogP contribution is -2.35. The molecule has 1 saturated heterocycles. The summed E-state index contributed by atoms with van der Waals surface area (Å²) in [5, 5.41) is 7.07. The van der Waals surface area contributed by atoms with Crippen molar-refractivity contribution in [3.8, 4) is 0 Å². The van der Waals surface area contributed by atoms with E-state index in [0.717, 1.165) is 66.3 Å². The highest BCUT2D eigenvalue weighted by molar-refractivity contribution is 6.00. The standard InChI is InChI=1S/C27H31N7O/c1-33(2)16-21-7-3-4-11-24(21)32-27(35)31-22-10-5-8-19(15-22)20-9-6-14-34(17-20)26-23-12-13-28-25(23)29-18-30-26/h3-5,7-8,10-13,15,18,20H,6,9,14,16-17H2,1-2H3,(H,28,29,30)(H2,31,32,35). The van der Waals surface area contributed by atoms with Crippen LogP contribution >= 0.6 is 0 Å². The minimum absolute atomic E-state index is 0.241. The Kier molecular flexibility index (Phi) is 6.63. The molecule has 3 heterocycles. The van der Waals surface area contributed by atoms with Gasteiger partial charge in [0.2, 0.25) is 0 Å². The molecule has 2 aromatic heterocycles. The fraction of sp³-hybridized carbons (Fsp3) is 0.296. The van der Waals surface area contributed by atoms with Gasteiger partial charge >= 0.3 is 6.03 Å². The van der Waals surface area contributed by atoms with Crippen LogP contribution in [-0.2, 0) is 6.54 Å². The molecule has 4 aromatic rings. The molecule has 1 aliphatic heterocycles. The number of hydrogen-bond acceptors (Lipinski definition) is 5. The maximum absolute atomic E-state index is 12.8. The van der Waals surface area contributed by atoms with Crippen LogP contribution in [0.3, 0.4) is 0 Å². The summed E-state index contributed by atoms with van der Waals surface area (Å²) in [5.74, 6) is 1.34. The van der Waals surface area contributed by atoms with Crippen LogP contribution in [0.2, 0.25) is 0 Å². The van der Waals surface area contributed by atoms with Crippen molar-refractivity contribution in [2.45, 2.75) is 25.3 Å². The zero-order valence-corrected chi connectivity index (χ0v) is 20.2. The van der Waals surface area contributed by atoms with E-state index >= 15 is 0 Å². The molecular weight excluding hydrogens is 438 g/mol. The van der Waals surface area contributed by atoms with Gasteiger partial charge in [-0.25, -0.2) is 14.8 Å². The first-order chi connectivity index (χ1) is 17.1. The third-order valence-electron chi connectivity index (χ3n) is 6.42. The Balaban J connectivity index is 1.28. The first-order valence-electron chi connectivity index (χ1n) is 12.0. The Hall–Kier alpha value is -3.91. The van der Waals surface area contributed by atoms with Crippen LogP contribution < -0.4 is 15.5 Å². The van der Waals surface area contributed by atoms with Crippen LogP contribution in [0.15, 0.2) is 67.1 Å². The number of H-pyrrole nitrogens is 1. The van der Waals surface area contributed by atoms with E-state index in [2.05, 4.69) is 47.5 Å². The average molecular weight is 470 g/mol. The Morgan fingerprint density at radius 1 is 1.11 bits per heavy atom. The number of anilines is 3. The molecule has 0 bridgehead atoms. The number of carbonyl (C=O) groups excluding carboxylic acids is 1. The highest BCUT2D eigenvalue weighted by Gasteiger charge is 2.24. The number of aromatic amines is 1. The number of urea groups is 1. The number of carbonyl (C=O) groups is 1. The molecule has 1 aliphatic rings. The molecule has 2 aromatic carbocycles. The molecule has 1 atom stereocenters. The van der Waals surface area contributed by atoms with E-state index in [9.17, 15) is 4.79 Å². The van der Waals surface area contributed by atoms with Crippen LogP contribution in [0.1, 0.15) is 29.9 Å². The Morgan fingerprint density at radius 3 is 2.89 bits per heavy atom.